The molecule has 0 aliphatic rings. The second-order valence-electron chi connectivity index (χ2n) is 4.81. The maximum Gasteiger partial charge on any atom is 0.419 e. The zero-order valence-electron chi connectivity index (χ0n) is 13.0. The molecule has 0 aliphatic heterocycles. The normalized spacial score (nSPS) is 11.9. The Morgan fingerprint density at radius 3 is 2.16 bits per heavy atom. The van der Waals surface area contributed by atoms with Crippen LogP contribution in [0.3, 0.4) is 0 Å². The van der Waals surface area contributed by atoms with Crippen molar-refractivity contribution in [3.05, 3.63) is 47.8 Å². The summed E-state index contributed by atoms with van der Waals surface area (Å²) in [5.41, 5.74) is -1.63. The van der Waals surface area contributed by atoms with Gasteiger partial charge in [-0.2, -0.15) is 13.2 Å². The number of hydrogen-bond acceptors (Lipinski definition) is 4. The van der Waals surface area contributed by atoms with E-state index < -0.39 is 32.5 Å². The summed E-state index contributed by atoms with van der Waals surface area (Å²) in [7, 11) is -1.64. The molecular weight excluding hydrogens is 366 g/mol. The van der Waals surface area contributed by atoms with Crippen LogP contribution in [0.15, 0.2) is 41.3 Å². The van der Waals surface area contributed by atoms with E-state index in [4.69, 9.17) is 9.47 Å². The number of alkyl halides is 3. The van der Waals surface area contributed by atoms with Crippen LogP contribution in [0.2, 0.25) is 0 Å². The molecule has 2 aromatic rings. The number of hydrogen-bond donors (Lipinski definition) is 1. The van der Waals surface area contributed by atoms with Gasteiger partial charge in [-0.05, 0) is 30.3 Å². The predicted molar refractivity (Wildman–Crippen MR) is 81.8 cm³/mol. The third kappa shape index (κ3) is 4.13. The molecule has 0 aromatic heterocycles. The summed E-state index contributed by atoms with van der Waals surface area (Å²) in [6, 6.07) is 5.48. The van der Waals surface area contributed by atoms with Crippen molar-refractivity contribution in [1.29, 1.82) is 0 Å². The third-order valence-electron chi connectivity index (χ3n) is 3.19. The van der Waals surface area contributed by atoms with Gasteiger partial charge in [0.15, 0.2) is 11.5 Å². The number of sulfonamides is 1. The van der Waals surface area contributed by atoms with Gasteiger partial charge in [0.25, 0.3) is 10.0 Å². The number of benzene rings is 2. The smallest absolute Gasteiger partial charge is 0.419 e. The van der Waals surface area contributed by atoms with Crippen LogP contribution in [0, 0.1) is 5.82 Å². The number of rotatable bonds is 5. The number of anilines is 1. The van der Waals surface area contributed by atoms with Gasteiger partial charge in [-0.15, -0.1) is 0 Å². The molecule has 0 bridgehead atoms. The SMILES string of the molecule is COc1ccc(NS(=O)(=O)c2ccc(F)c(C(F)(F)F)c2)cc1OC. The Balaban J connectivity index is 2.40. The summed E-state index contributed by atoms with van der Waals surface area (Å²) >= 11 is 0. The minimum Gasteiger partial charge on any atom is -0.493 e. The fourth-order valence-corrected chi connectivity index (χ4v) is 3.08. The lowest BCUT2D eigenvalue weighted by Gasteiger charge is -2.13. The third-order valence-corrected chi connectivity index (χ3v) is 4.57. The Labute approximate surface area is 141 Å². The highest BCUT2D eigenvalue weighted by Gasteiger charge is 2.35. The molecule has 5 nitrogen and oxygen atoms in total. The summed E-state index contributed by atoms with van der Waals surface area (Å²) < 4.78 is 88.2. The lowest BCUT2D eigenvalue weighted by Crippen LogP contribution is -2.15. The molecule has 2 rings (SSSR count). The van der Waals surface area contributed by atoms with E-state index in [1.54, 1.807) is 0 Å². The first kappa shape index (κ1) is 18.8. The first-order valence-electron chi connectivity index (χ1n) is 6.70. The summed E-state index contributed by atoms with van der Waals surface area (Å²) in [4.78, 5) is -0.726. The van der Waals surface area contributed by atoms with Gasteiger partial charge < -0.3 is 9.47 Å². The molecule has 0 aliphatic carbocycles. The fourth-order valence-electron chi connectivity index (χ4n) is 2.00. The lowest BCUT2D eigenvalue weighted by molar-refractivity contribution is -0.140. The standard InChI is InChI=1S/C15H13F4NO4S/c1-23-13-6-3-9(7-14(13)24-2)20-25(21,22)10-4-5-12(16)11(8-10)15(17,18)19/h3-8,20H,1-2H3. The highest BCUT2D eigenvalue weighted by Crippen LogP contribution is 2.34. The van der Waals surface area contributed by atoms with Crippen LogP contribution in [0.1, 0.15) is 5.56 Å². The van der Waals surface area contributed by atoms with Crippen molar-refractivity contribution >= 4 is 15.7 Å². The van der Waals surface area contributed by atoms with Crippen molar-refractivity contribution in [2.45, 2.75) is 11.1 Å². The van der Waals surface area contributed by atoms with Crippen molar-refractivity contribution in [2.24, 2.45) is 0 Å². The van der Waals surface area contributed by atoms with Gasteiger partial charge in [-0.1, -0.05) is 0 Å². The van der Waals surface area contributed by atoms with E-state index >= 15 is 0 Å². The van der Waals surface area contributed by atoms with Crippen LogP contribution in [0.4, 0.5) is 23.2 Å². The first-order chi connectivity index (χ1) is 11.6. The van der Waals surface area contributed by atoms with Crippen LogP contribution in [0.5, 0.6) is 11.5 Å². The molecule has 0 spiro atoms. The van der Waals surface area contributed by atoms with Crippen molar-refractivity contribution in [2.75, 3.05) is 18.9 Å². The summed E-state index contributed by atoms with van der Waals surface area (Å²) in [5, 5.41) is 0. The average Bonchev–Trinajstić information content (AvgIpc) is 2.53. The number of ether oxygens (including phenoxy) is 2. The van der Waals surface area contributed by atoms with Crippen LogP contribution in [-0.4, -0.2) is 22.6 Å². The zero-order valence-corrected chi connectivity index (χ0v) is 13.8. The topological polar surface area (TPSA) is 64.6 Å². The summed E-state index contributed by atoms with van der Waals surface area (Å²) in [6.07, 6.45) is -5.01. The Kier molecular flexibility index (Phi) is 5.12. The van der Waals surface area contributed by atoms with E-state index in [9.17, 15) is 26.0 Å². The van der Waals surface area contributed by atoms with E-state index in [-0.39, 0.29) is 17.5 Å². The van der Waals surface area contributed by atoms with Gasteiger partial charge in [0, 0.05) is 6.07 Å². The molecule has 0 heterocycles. The molecule has 0 radical (unpaired) electrons. The molecule has 0 unspecified atom stereocenters. The van der Waals surface area contributed by atoms with Gasteiger partial charge in [-0.3, -0.25) is 4.72 Å². The number of halogens is 4. The van der Waals surface area contributed by atoms with Gasteiger partial charge in [0.1, 0.15) is 5.82 Å². The van der Waals surface area contributed by atoms with Crippen molar-refractivity contribution in [3.63, 3.8) is 0 Å². The molecule has 0 atom stereocenters. The van der Waals surface area contributed by atoms with Crippen LogP contribution in [-0.2, 0) is 16.2 Å². The van der Waals surface area contributed by atoms with Gasteiger partial charge >= 0.3 is 6.18 Å². The number of nitrogens with one attached hydrogen (secondary N) is 1. The van der Waals surface area contributed by atoms with Crippen molar-refractivity contribution < 1.29 is 35.5 Å². The van der Waals surface area contributed by atoms with Gasteiger partial charge in [0.2, 0.25) is 0 Å². The van der Waals surface area contributed by atoms with Crippen molar-refractivity contribution in [1.82, 2.24) is 0 Å². The highest BCUT2D eigenvalue weighted by molar-refractivity contribution is 7.92. The number of methoxy groups -OCH3 is 2. The van der Waals surface area contributed by atoms with E-state index in [1.165, 1.54) is 32.4 Å². The molecular formula is C15H13F4NO4S. The predicted octanol–water partition coefficient (Wildman–Crippen LogP) is 3.66. The van der Waals surface area contributed by atoms with E-state index in [2.05, 4.69) is 4.72 Å². The summed E-state index contributed by atoms with van der Waals surface area (Å²) in [6.45, 7) is 0. The molecule has 0 fully saturated rings. The largest absolute Gasteiger partial charge is 0.493 e. The fraction of sp³-hybridized carbons (Fsp3) is 0.200. The quantitative estimate of drug-likeness (QED) is 0.806. The summed E-state index contributed by atoms with van der Waals surface area (Å²) in [5.74, 6) is -0.998. The van der Waals surface area contributed by atoms with Gasteiger partial charge in [-0.25, -0.2) is 12.8 Å². The minimum absolute atomic E-state index is 0.0375. The molecule has 2 aromatic carbocycles. The average molecular weight is 379 g/mol. The zero-order chi connectivity index (χ0) is 18.8. The van der Waals surface area contributed by atoms with Crippen molar-refractivity contribution in [3.8, 4) is 11.5 Å². The van der Waals surface area contributed by atoms with E-state index in [0.29, 0.717) is 11.8 Å². The molecule has 136 valence electrons. The van der Waals surface area contributed by atoms with Crippen LogP contribution >= 0.6 is 0 Å². The van der Waals surface area contributed by atoms with Crippen LogP contribution < -0.4 is 14.2 Å². The highest BCUT2D eigenvalue weighted by atomic mass is 32.2. The maximum atomic E-state index is 13.3. The van der Waals surface area contributed by atoms with E-state index in [0.717, 1.165) is 6.07 Å². The lowest BCUT2D eigenvalue weighted by atomic mass is 10.2. The second-order valence-corrected chi connectivity index (χ2v) is 6.50. The molecule has 10 heteroatoms. The molecule has 0 saturated carbocycles. The van der Waals surface area contributed by atoms with Crippen LogP contribution in [0.25, 0.3) is 0 Å². The second kappa shape index (κ2) is 6.79. The molecule has 1 N–H and O–H groups in total. The molecule has 0 amide bonds. The Morgan fingerprint density at radius 2 is 1.60 bits per heavy atom. The van der Waals surface area contributed by atoms with E-state index in [1.807, 2.05) is 0 Å². The Morgan fingerprint density at radius 1 is 0.960 bits per heavy atom. The molecule has 0 saturated heterocycles. The monoisotopic (exact) mass is 379 g/mol. The molecule has 25 heavy (non-hydrogen) atoms. The minimum atomic E-state index is -5.01. The first-order valence-corrected chi connectivity index (χ1v) is 8.18. The maximum absolute atomic E-state index is 13.3. The van der Waals surface area contributed by atoms with Gasteiger partial charge in [0.05, 0.1) is 30.4 Å². The Bertz CT molecular complexity index is 882. The Hall–Kier alpha value is -2.49.